The zero-order valence-electron chi connectivity index (χ0n) is 13.9. The van der Waals surface area contributed by atoms with E-state index < -0.39 is 12.0 Å². The summed E-state index contributed by atoms with van der Waals surface area (Å²) in [7, 11) is 0. The van der Waals surface area contributed by atoms with Crippen molar-refractivity contribution in [3.05, 3.63) is 29.3 Å². The van der Waals surface area contributed by atoms with E-state index in [4.69, 9.17) is 0 Å². The topological polar surface area (TPSA) is 29.5 Å². The van der Waals surface area contributed by atoms with Crippen molar-refractivity contribution in [3.63, 3.8) is 0 Å². The standard InChI is InChI=1S/C18H23F3O2/c1-15(2)8-5-9-16(3)13-10-11(23-18(19,20)21)6-7-12(13)17(4,22)14(15)16/h6-7,10,14,22H,5,8-9H2,1-4H3/t14-,16-,17+/m0/s1. The molecule has 1 saturated carbocycles. The van der Waals surface area contributed by atoms with Gasteiger partial charge in [-0.1, -0.05) is 33.3 Å². The van der Waals surface area contributed by atoms with Crippen LogP contribution in [0.15, 0.2) is 18.2 Å². The van der Waals surface area contributed by atoms with Crippen molar-refractivity contribution in [1.82, 2.24) is 0 Å². The Hall–Kier alpha value is -1.23. The maximum Gasteiger partial charge on any atom is 0.573 e. The molecule has 0 radical (unpaired) electrons. The third-order valence-electron chi connectivity index (χ3n) is 5.88. The first kappa shape index (κ1) is 16.6. The smallest absolute Gasteiger partial charge is 0.406 e. The Bertz CT molecular complexity index is 634. The molecule has 0 amide bonds. The summed E-state index contributed by atoms with van der Waals surface area (Å²) in [6.45, 7) is 8.14. The largest absolute Gasteiger partial charge is 0.573 e. The highest BCUT2D eigenvalue weighted by Gasteiger charge is 2.61. The number of benzene rings is 1. The molecule has 0 aliphatic heterocycles. The molecule has 0 heterocycles. The summed E-state index contributed by atoms with van der Waals surface area (Å²) in [5.74, 6) is -0.246. The van der Waals surface area contributed by atoms with Gasteiger partial charge in [-0.15, -0.1) is 13.2 Å². The van der Waals surface area contributed by atoms with Gasteiger partial charge in [0.25, 0.3) is 0 Å². The molecule has 2 aliphatic rings. The fourth-order valence-electron chi connectivity index (χ4n) is 5.52. The highest BCUT2D eigenvalue weighted by atomic mass is 19.4. The summed E-state index contributed by atoms with van der Waals surface area (Å²) in [4.78, 5) is 0. The summed E-state index contributed by atoms with van der Waals surface area (Å²) < 4.78 is 41.7. The third-order valence-corrected chi connectivity index (χ3v) is 5.88. The minimum Gasteiger partial charge on any atom is -0.406 e. The number of hydrogen-bond acceptors (Lipinski definition) is 2. The Balaban J connectivity index is 2.13. The minimum atomic E-state index is -4.71. The molecular weight excluding hydrogens is 305 g/mol. The normalized spacial score (nSPS) is 35.6. The quantitative estimate of drug-likeness (QED) is 0.795. The molecule has 1 aromatic carbocycles. The Labute approximate surface area is 134 Å². The van der Waals surface area contributed by atoms with Gasteiger partial charge in [-0.05, 0) is 53.9 Å². The highest BCUT2D eigenvalue weighted by Crippen LogP contribution is 2.64. The van der Waals surface area contributed by atoms with E-state index in [2.05, 4.69) is 25.5 Å². The van der Waals surface area contributed by atoms with Gasteiger partial charge in [-0.2, -0.15) is 0 Å². The lowest BCUT2D eigenvalue weighted by atomic mass is 9.54. The van der Waals surface area contributed by atoms with Crippen molar-refractivity contribution >= 4 is 0 Å². The molecule has 0 saturated heterocycles. The summed E-state index contributed by atoms with van der Waals surface area (Å²) in [6.07, 6.45) is -1.84. The number of fused-ring (bicyclic) bond motifs is 3. The van der Waals surface area contributed by atoms with E-state index in [1.165, 1.54) is 12.1 Å². The predicted octanol–water partition coefficient (Wildman–Crippen LogP) is 4.89. The summed E-state index contributed by atoms with van der Waals surface area (Å²) in [5, 5.41) is 11.2. The second-order valence-electron chi connectivity index (χ2n) is 8.10. The predicted molar refractivity (Wildman–Crippen MR) is 81.2 cm³/mol. The van der Waals surface area contributed by atoms with E-state index in [0.717, 1.165) is 30.4 Å². The zero-order chi connectivity index (χ0) is 17.3. The van der Waals surface area contributed by atoms with E-state index in [0.29, 0.717) is 0 Å². The van der Waals surface area contributed by atoms with Gasteiger partial charge in [0, 0.05) is 5.92 Å². The molecule has 23 heavy (non-hydrogen) atoms. The Kier molecular flexibility index (Phi) is 3.36. The van der Waals surface area contributed by atoms with Gasteiger partial charge in [0.2, 0.25) is 0 Å². The number of alkyl halides is 3. The van der Waals surface area contributed by atoms with Crippen LogP contribution in [0.2, 0.25) is 0 Å². The fraction of sp³-hybridized carbons (Fsp3) is 0.667. The van der Waals surface area contributed by atoms with Crippen molar-refractivity contribution < 1.29 is 23.0 Å². The Morgan fingerprint density at radius 3 is 2.35 bits per heavy atom. The Morgan fingerprint density at radius 1 is 1.09 bits per heavy atom. The van der Waals surface area contributed by atoms with Crippen molar-refractivity contribution in [2.45, 2.75) is 64.3 Å². The first-order valence-electron chi connectivity index (χ1n) is 8.01. The third kappa shape index (κ3) is 2.44. The lowest BCUT2D eigenvalue weighted by Gasteiger charge is -2.51. The molecule has 3 atom stereocenters. The van der Waals surface area contributed by atoms with E-state index in [-0.39, 0.29) is 22.5 Å². The van der Waals surface area contributed by atoms with Gasteiger partial charge in [-0.25, -0.2) is 0 Å². The average Bonchev–Trinajstić information content (AvgIpc) is 2.52. The summed E-state index contributed by atoms with van der Waals surface area (Å²) >= 11 is 0. The zero-order valence-corrected chi connectivity index (χ0v) is 13.9. The molecule has 0 bridgehead atoms. The number of rotatable bonds is 1. The van der Waals surface area contributed by atoms with Crippen molar-refractivity contribution in [1.29, 1.82) is 0 Å². The average molecular weight is 328 g/mol. The van der Waals surface area contributed by atoms with Crippen molar-refractivity contribution in [2.24, 2.45) is 11.3 Å². The molecular formula is C18H23F3O2. The molecule has 0 spiro atoms. The molecule has 1 N–H and O–H groups in total. The SMILES string of the molecule is CC1(C)CCC[C@@]2(C)c3cc(OC(F)(F)F)ccc3[C@@](C)(O)[C@@H]12. The number of ether oxygens (including phenoxy) is 1. The van der Waals surface area contributed by atoms with E-state index >= 15 is 0 Å². The van der Waals surface area contributed by atoms with Crippen molar-refractivity contribution in [2.75, 3.05) is 0 Å². The molecule has 128 valence electrons. The van der Waals surface area contributed by atoms with E-state index in [1.807, 2.05) is 0 Å². The van der Waals surface area contributed by atoms with Gasteiger partial charge in [-0.3, -0.25) is 0 Å². The lowest BCUT2D eigenvalue weighted by molar-refractivity contribution is -0.274. The fourth-order valence-corrected chi connectivity index (χ4v) is 5.52. The maximum atomic E-state index is 12.5. The second kappa shape index (κ2) is 4.65. The van der Waals surface area contributed by atoms with E-state index in [1.54, 1.807) is 13.0 Å². The number of halogens is 3. The van der Waals surface area contributed by atoms with Crippen LogP contribution in [0, 0.1) is 11.3 Å². The Morgan fingerprint density at radius 2 is 1.74 bits per heavy atom. The maximum absolute atomic E-state index is 12.5. The van der Waals surface area contributed by atoms with Gasteiger partial charge >= 0.3 is 6.36 Å². The lowest BCUT2D eigenvalue weighted by Crippen LogP contribution is -2.49. The molecule has 3 rings (SSSR count). The van der Waals surface area contributed by atoms with Crippen LogP contribution in [0.25, 0.3) is 0 Å². The number of hydrogen-bond donors (Lipinski definition) is 1. The van der Waals surface area contributed by atoms with Crippen LogP contribution < -0.4 is 4.74 Å². The second-order valence-corrected chi connectivity index (χ2v) is 8.10. The monoisotopic (exact) mass is 328 g/mol. The first-order valence-corrected chi connectivity index (χ1v) is 8.01. The highest BCUT2D eigenvalue weighted by molar-refractivity contribution is 5.50. The first-order chi connectivity index (χ1) is 10.4. The molecule has 0 aromatic heterocycles. The molecule has 2 nitrogen and oxygen atoms in total. The van der Waals surface area contributed by atoms with Gasteiger partial charge in [0.1, 0.15) is 5.75 Å². The molecule has 1 aromatic rings. The van der Waals surface area contributed by atoms with Gasteiger partial charge in [0.15, 0.2) is 0 Å². The minimum absolute atomic E-state index is 0.0348. The van der Waals surface area contributed by atoms with Crippen LogP contribution in [-0.2, 0) is 11.0 Å². The van der Waals surface area contributed by atoms with Crippen LogP contribution in [0.1, 0.15) is 58.1 Å². The van der Waals surface area contributed by atoms with Gasteiger partial charge in [0.05, 0.1) is 5.60 Å². The summed E-state index contributed by atoms with van der Waals surface area (Å²) in [5.41, 5.74) is 0.0492. The molecule has 2 aliphatic carbocycles. The van der Waals surface area contributed by atoms with Crippen LogP contribution in [0.4, 0.5) is 13.2 Å². The van der Waals surface area contributed by atoms with Crippen LogP contribution in [0.5, 0.6) is 5.75 Å². The molecule has 1 fully saturated rings. The molecule has 5 heteroatoms. The summed E-state index contributed by atoms with van der Waals surface area (Å²) in [6, 6.07) is 4.36. The van der Waals surface area contributed by atoms with Crippen LogP contribution >= 0.6 is 0 Å². The van der Waals surface area contributed by atoms with Crippen LogP contribution in [0.3, 0.4) is 0 Å². The van der Waals surface area contributed by atoms with Crippen molar-refractivity contribution in [3.8, 4) is 5.75 Å². The van der Waals surface area contributed by atoms with Gasteiger partial charge < -0.3 is 9.84 Å². The van der Waals surface area contributed by atoms with Crippen LogP contribution in [-0.4, -0.2) is 11.5 Å². The molecule has 0 unspecified atom stereocenters. The van der Waals surface area contributed by atoms with E-state index in [9.17, 15) is 18.3 Å². The number of aliphatic hydroxyl groups is 1.